The molecule has 0 heterocycles. The Hall–Kier alpha value is -0.750. The second-order valence-corrected chi connectivity index (χ2v) is 2.79. The standard InChI is InChI=1S/C4H9NOS.C2H5NO2/c1-7-3-2-4(5)6;3-1-2(4)5/h2-3H2,1H3,(H2,5,6);1,3H2,(H,4,5). The van der Waals surface area contributed by atoms with E-state index in [2.05, 4.69) is 5.73 Å². The highest BCUT2D eigenvalue weighted by molar-refractivity contribution is 7.98. The lowest BCUT2D eigenvalue weighted by molar-refractivity contribution is -0.135. The summed E-state index contributed by atoms with van der Waals surface area (Å²) in [6.07, 6.45) is 2.45. The number of carboxylic acids is 1. The summed E-state index contributed by atoms with van der Waals surface area (Å²) in [5, 5.41) is 7.60. The fourth-order valence-corrected chi connectivity index (χ4v) is 0.608. The Morgan fingerprint density at radius 1 is 1.50 bits per heavy atom. The summed E-state index contributed by atoms with van der Waals surface area (Å²) in [4.78, 5) is 19.2. The van der Waals surface area contributed by atoms with E-state index < -0.39 is 5.97 Å². The topological polar surface area (TPSA) is 106 Å². The largest absolute Gasteiger partial charge is 0.480 e. The SMILES string of the molecule is CSCCC(N)=O.NCC(=O)O. The van der Waals surface area contributed by atoms with Crippen molar-refractivity contribution in [3.05, 3.63) is 0 Å². The van der Waals surface area contributed by atoms with Gasteiger partial charge in [-0.1, -0.05) is 0 Å². The molecule has 0 saturated carbocycles. The molecule has 1 amide bonds. The van der Waals surface area contributed by atoms with Crippen molar-refractivity contribution in [1.82, 2.24) is 0 Å². The van der Waals surface area contributed by atoms with Crippen molar-refractivity contribution in [2.24, 2.45) is 11.5 Å². The molecule has 0 aromatic heterocycles. The molecule has 0 unspecified atom stereocenters. The second kappa shape index (κ2) is 10.2. The smallest absolute Gasteiger partial charge is 0.317 e. The molecule has 0 aliphatic carbocycles. The molecule has 0 bridgehead atoms. The molecule has 0 spiro atoms. The van der Waals surface area contributed by atoms with Gasteiger partial charge in [0, 0.05) is 12.2 Å². The van der Waals surface area contributed by atoms with Gasteiger partial charge in [0.25, 0.3) is 0 Å². The van der Waals surface area contributed by atoms with Crippen LogP contribution in [-0.4, -0.2) is 35.5 Å². The van der Waals surface area contributed by atoms with Gasteiger partial charge in [0.15, 0.2) is 0 Å². The number of carbonyl (C=O) groups is 2. The van der Waals surface area contributed by atoms with Crippen LogP contribution in [0, 0.1) is 0 Å². The second-order valence-electron chi connectivity index (χ2n) is 1.81. The summed E-state index contributed by atoms with van der Waals surface area (Å²) in [5.74, 6) is -0.339. The molecule has 5 nitrogen and oxygen atoms in total. The molecule has 0 atom stereocenters. The monoisotopic (exact) mass is 194 g/mol. The Labute approximate surface area is 75.5 Å². The van der Waals surface area contributed by atoms with Crippen LogP contribution in [-0.2, 0) is 9.59 Å². The van der Waals surface area contributed by atoms with Crippen LogP contribution in [0.5, 0.6) is 0 Å². The number of carboxylic acid groups (broad SMARTS) is 1. The first kappa shape index (κ1) is 13.8. The molecule has 5 N–H and O–H groups in total. The van der Waals surface area contributed by atoms with E-state index in [1.54, 1.807) is 11.8 Å². The maximum atomic E-state index is 9.97. The molecule has 0 aliphatic heterocycles. The minimum Gasteiger partial charge on any atom is -0.480 e. The Kier molecular flexibility index (Phi) is 11.8. The molecular formula is C6H14N2O3S. The minimum absolute atomic E-state index is 0.214. The van der Waals surface area contributed by atoms with Crippen LogP contribution in [0.3, 0.4) is 0 Å². The van der Waals surface area contributed by atoms with Crippen molar-refractivity contribution >= 4 is 23.6 Å². The summed E-state index contributed by atoms with van der Waals surface area (Å²) in [6.45, 7) is -0.278. The third-order valence-electron chi connectivity index (χ3n) is 0.727. The molecule has 6 heteroatoms. The van der Waals surface area contributed by atoms with Gasteiger partial charge in [0.2, 0.25) is 5.91 Å². The van der Waals surface area contributed by atoms with Gasteiger partial charge >= 0.3 is 5.97 Å². The molecule has 0 aliphatic rings. The molecule has 72 valence electrons. The van der Waals surface area contributed by atoms with E-state index in [0.717, 1.165) is 5.75 Å². The van der Waals surface area contributed by atoms with Gasteiger partial charge in [-0.15, -0.1) is 0 Å². The zero-order valence-corrected chi connectivity index (χ0v) is 7.76. The quantitative estimate of drug-likeness (QED) is 0.546. The fraction of sp³-hybridized carbons (Fsp3) is 0.667. The van der Waals surface area contributed by atoms with Gasteiger partial charge in [-0.3, -0.25) is 9.59 Å². The number of hydrogen-bond acceptors (Lipinski definition) is 4. The highest BCUT2D eigenvalue weighted by Gasteiger charge is 1.88. The zero-order valence-electron chi connectivity index (χ0n) is 6.95. The lowest BCUT2D eigenvalue weighted by atomic mass is 10.5. The predicted octanol–water partition coefficient (Wildman–Crippen LogP) is -0.745. The summed E-state index contributed by atoms with van der Waals surface area (Å²) in [7, 11) is 0. The van der Waals surface area contributed by atoms with Crippen LogP contribution in [0.2, 0.25) is 0 Å². The molecule has 0 aromatic rings. The molecule has 0 fully saturated rings. The van der Waals surface area contributed by atoms with E-state index in [1.165, 1.54) is 0 Å². The number of primary amides is 1. The van der Waals surface area contributed by atoms with Crippen LogP contribution in [0.15, 0.2) is 0 Å². The highest BCUT2D eigenvalue weighted by atomic mass is 32.2. The van der Waals surface area contributed by atoms with Crippen molar-refractivity contribution in [2.45, 2.75) is 6.42 Å². The third kappa shape index (κ3) is 22.8. The summed E-state index contributed by atoms with van der Waals surface area (Å²) in [6, 6.07) is 0. The van der Waals surface area contributed by atoms with Gasteiger partial charge < -0.3 is 16.6 Å². The van der Waals surface area contributed by atoms with Crippen molar-refractivity contribution in [1.29, 1.82) is 0 Å². The molecule has 0 rings (SSSR count). The van der Waals surface area contributed by atoms with Crippen molar-refractivity contribution in [3.63, 3.8) is 0 Å². The average molecular weight is 194 g/mol. The molecule has 0 radical (unpaired) electrons. The average Bonchev–Trinajstić information content (AvgIpc) is 2.02. The molecule has 0 saturated heterocycles. The maximum Gasteiger partial charge on any atom is 0.317 e. The van der Waals surface area contributed by atoms with Crippen LogP contribution in [0.1, 0.15) is 6.42 Å². The summed E-state index contributed by atoms with van der Waals surface area (Å²) >= 11 is 1.63. The van der Waals surface area contributed by atoms with Gasteiger partial charge in [0.05, 0.1) is 6.54 Å². The van der Waals surface area contributed by atoms with Crippen LogP contribution in [0.25, 0.3) is 0 Å². The first-order chi connectivity index (χ1) is 5.54. The Bertz CT molecular complexity index is 141. The molecular weight excluding hydrogens is 180 g/mol. The van der Waals surface area contributed by atoms with Crippen LogP contribution in [0.4, 0.5) is 0 Å². The lowest BCUT2D eigenvalue weighted by Crippen LogP contribution is -2.10. The Morgan fingerprint density at radius 3 is 2.00 bits per heavy atom. The number of amides is 1. The zero-order chi connectivity index (χ0) is 9.98. The maximum absolute atomic E-state index is 9.97. The van der Waals surface area contributed by atoms with E-state index in [-0.39, 0.29) is 12.5 Å². The van der Waals surface area contributed by atoms with E-state index in [9.17, 15) is 9.59 Å². The first-order valence-corrected chi connectivity index (χ1v) is 4.63. The third-order valence-corrected chi connectivity index (χ3v) is 1.34. The number of aliphatic carboxylic acids is 1. The number of hydrogen-bond donors (Lipinski definition) is 3. The fourth-order valence-electron chi connectivity index (χ4n) is 0.203. The highest BCUT2D eigenvalue weighted by Crippen LogP contribution is 1.92. The van der Waals surface area contributed by atoms with Gasteiger partial charge in [-0.2, -0.15) is 11.8 Å². The molecule has 0 aromatic carbocycles. The van der Waals surface area contributed by atoms with Gasteiger partial charge in [-0.25, -0.2) is 0 Å². The van der Waals surface area contributed by atoms with E-state index in [4.69, 9.17) is 10.8 Å². The van der Waals surface area contributed by atoms with Crippen LogP contribution >= 0.6 is 11.8 Å². The van der Waals surface area contributed by atoms with Crippen molar-refractivity contribution in [2.75, 3.05) is 18.6 Å². The number of thioether (sulfide) groups is 1. The van der Waals surface area contributed by atoms with Gasteiger partial charge in [-0.05, 0) is 6.26 Å². The molecule has 12 heavy (non-hydrogen) atoms. The number of rotatable bonds is 4. The number of nitrogens with two attached hydrogens (primary N) is 2. The summed E-state index contributed by atoms with van der Waals surface area (Å²) in [5.41, 5.74) is 9.40. The van der Waals surface area contributed by atoms with E-state index >= 15 is 0 Å². The van der Waals surface area contributed by atoms with Gasteiger partial charge in [0.1, 0.15) is 0 Å². The van der Waals surface area contributed by atoms with Crippen molar-refractivity contribution in [3.8, 4) is 0 Å². The van der Waals surface area contributed by atoms with Crippen LogP contribution < -0.4 is 11.5 Å². The predicted molar refractivity (Wildman–Crippen MR) is 48.9 cm³/mol. The lowest BCUT2D eigenvalue weighted by Gasteiger charge is -1.87. The van der Waals surface area contributed by atoms with E-state index in [0.29, 0.717) is 6.42 Å². The first-order valence-electron chi connectivity index (χ1n) is 3.23. The van der Waals surface area contributed by atoms with E-state index in [1.807, 2.05) is 6.26 Å². The normalized spacial score (nSPS) is 8.17. The minimum atomic E-state index is -0.968. The Balaban J connectivity index is 0. The Morgan fingerprint density at radius 2 is 1.92 bits per heavy atom. The summed E-state index contributed by atoms with van der Waals surface area (Å²) < 4.78 is 0. The van der Waals surface area contributed by atoms with Crippen molar-refractivity contribution < 1.29 is 14.7 Å². The number of carbonyl (C=O) groups excluding carboxylic acids is 1.